The predicted octanol–water partition coefficient (Wildman–Crippen LogP) is 7.88. The maximum absolute atomic E-state index is 14.4. The number of alkyl halides is 3. The molecule has 1 N–H and O–H groups in total. The molecule has 0 aliphatic heterocycles. The topological polar surface area (TPSA) is 56.5 Å². The van der Waals surface area contributed by atoms with E-state index in [0.717, 1.165) is 38.5 Å². The van der Waals surface area contributed by atoms with Gasteiger partial charge in [-0.25, -0.2) is 4.39 Å². The van der Waals surface area contributed by atoms with Crippen molar-refractivity contribution >= 4 is 15.9 Å². The number of benzene rings is 2. The Morgan fingerprint density at radius 3 is 2.46 bits per heavy atom. The zero-order chi connectivity index (χ0) is 27.1. The van der Waals surface area contributed by atoms with Crippen molar-refractivity contribution in [3.05, 3.63) is 69.6 Å². The zero-order valence-electron chi connectivity index (χ0n) is 21.1. The highest BCUT2D eigenvalue weighted by molar-refractivity contribution is 9.10. The van der Waals surface area contributed by atoms with Gasteiger partial charge in [0.1, 0.15) is 23.0 Å². The first kappa shape index (κ1) is 26.8. The van der Waals surface area contributed by atoms with Gasteiger partial charge in [0.25, 0.3) is 0 Å². The number of nitrogens with zero attached hydrogens (tertiary/aromatic N) is 1. The molecule has 5 nitrogen and oxygen atoms in total. The molecule has 3 aliphatic carbocycles. The maximum atomic E-state index is 14.4. The second-order valence-electron chi connectivity index (χ2n) is 10.8. The number of hydrogen-bond acceptors (Lipinski definition) is 5. The molecule has 2 unspecified atom stereocenters. The molecule has 0 amide bonds. The van der Waals surface area contributed by atoms with Gasteiger partial charge in [-0.2, -0.15) is 0 Å². The molecule has 3 fully saturated rings. The first-order valence-electron chi connectivity index (χ1n) is 13.4. The number of hydrogen-bond donors (Lipinski definition) is 1. The van der Waals surface area contributed by atoms with Gasteiger partial charge in [0, 0.05) is 35.2 Å². The van der Waals surface area contributed by atoms with Gasteiger partial charge in [0.2, 0.25) is 0 Å². The van der Waals surface area contributed by atoms with Crippen LogP contribution < -0.4 is 10.1 Å². The van der Waals surface area contributed by atoms with Crippen molar-refractivity contribution in [2.24, 2.45) is 11.8 Å². The number of halogens is 5. The first-order valence-corrected chi connectivity index (χ1v) is 14.2. The van der Waals surface area contributed by atoms with Crippen LogP contribution in [-0.2, 0) is 17.9 Å². The molecular weight excluding hydrogens is 580 g/mol. The van der Waals surface area contributed by atoms with Crippen LogP contribution in [0.15, 0.2) is 51.5 Å². The highest BCUT2D eigenvalue weighted by atomic mass is 79.9. The van der Waals surface area contributed by atoms with E-state index in [1.54, 1.807) is 24.3 Å². The van der Waals surface area contributed by atoms with Crippen LogP contribution in [0.3, 0.4) is 0 Å². The van der Waals surface area contributed by atoms with Crippen molar-refractivity contribution in [1.29, 1.82) is 0 Å². The summed E-state index contributed by atoms with van der Waals surface area (Å²) in [5, 5.41) is 7.78. The van der Waals surface area contributed by atoms with Gasteiger partial charge >= 0.3 is 6.36 Å². The van der Waals surface area contributed by atoms with Gasteiger partial charge in [-0.1, -0.05) is 29.4 Å². The van der Waals surface area contributed by atoms with E-state index in [-0.39, 0.29) is 35.8 Å². The third kappa shape index (κ3) is 5.88. The summed E-state index contributed by atoms with van der Waals surface area (Å²) >= 11 is 3.26. The molecule has 39 heavy (non-hydrogen) atoms. The Kier molecular flexibility index (Phi) is 7.45. The molecule has 1 aromatic heterocycles. The minimum absolute atomic E-state index is 0.0274. The fourth-order valence-electron chi connectivity index (χ4n) is 6.27. The SMILES string of the molecule is Fc1c(Br)cccc1CNC1C2CCC1CC(OCc1c(-c3ccccc3OC(F)(F)F)noc1C1CC1)C2. The number of ether oxygens (including phenoxy) is 2. The monoisotopic (exact) mass is 608 g/mol. The molecule has 1 heterocycles. The molecule has 0 radical (unpaired) electrons. The quantitative estimate of drug-likeness (QED) is 0.250. The van der Waals surface area contributed by atoms with Crippen LogP contribution in [0, 0.1) is 17.7 Å². The van der Waals surface area contributed by atoms with Gasteiger partial charge < -0.3 is 19.3 Å². The molecule has 2 atom stereocenters. The summed E-state index contributed by atoms with van der Waals surface area (Å²) in [5.41, 5.74) is 1.92. The van der Waals surface area contributed by atoms with E-state index < -0.39 is 6.36 Å². The Morgan fingerprint density at radius 2 is 1.74 bits per heavy atom. The molecule has 6 rings (SSSR count). The van der Waals surface area contributed by atoms with E-state index in [9.17, 15) is 17.6 Å². The van der Waals surface area contributed by atoms with Crippen molar-refractivity contribution in [2.45, 2.75) is 76.1 Å². The van der Waals surface area contributed by atoms with Crippen molar-refractivity contribution in [3.8, 4) is 17.0 Å². The Hall–Kier alpha value is -2.43. The number of aromatic nitrogens is 1. The van der Waals surface area contributed by atoms with Crippen LogP contribution in [0.25, 0.3) is 11.3 Å². The average Bonchev–Trinajstić information content (AvgIpc) is 3.61. The van der Waals surface area contributed by atoms with E-state index in [2.05, 4.69) is 31.1 Å². The van der Waals surface area contributed by atoms with E-state index in [1.165, 1.54) is 12.1 Å². The molecule has 3 saturated carbocycles. The van der Waals surface area contributed by atoms with Crippen molar-refractivity contribution < 1.29 is 31.6 Å². The molecular formula is C29H29BrF4N2O3. The zero-order valence-corrected chi connectivity index (χ0v) is 22.7. The first-order chi connectivity index (χ1) is 18.8. The third-order valence-corrected chi connectivity index (χ3v) is 8.83. The molecule has 0 saturated heterocycles. The Balaban J connectivity index is 1.14. The van der Waals surface area contributed by atoms with Crippen LogP contribution in [0.5, 0.6) is 5.75 Å². The van der Waals surface area contributed by atoms with Gasteiger partial charge in [0.05, 0.1) is 17.2 Å². The summed E-state index contributed by atoms with van der Waals surface area (Å²) < 4.78 is 70.4. The normalized spacial score (nSPS) is 24.7. The van der Waals surface area contributed by atoms with Crippen molar-refractivity contribution in [3.63, 3.8) is 0 Å². The molecule has 2 aromatic carbocycles. The Bertz CT molecular complexity index is 1310. The number of para-hydroxylation sites is 1. The minimum Gasteiger partial charge on any atom is -0.405 e. The van der Waals surface area contributed by atoms with Crippen molar-refractivity contribution in [2.75, 3.05) is 0 Å². The maximum Gasteiger partial charge on any atom is 0.573 e. The summed E-state index contributed by atoms with van der Waals surface area (Å²) in [6.45, 7) is 0.694. The van der Waals surface area contributed by atoms with Gasteiger partial charge in [-0.05, 0) is 84.5 Å². The van der Waals surface area contributed by atoms with Crippen LogP contribution >= 0.6 is 15.9 Å². The van der Waals surface area contributed by atoms with Gasteiger partial charge in [0.15, 0.2) is 0 Å². The molecule has 208 valence electrons. The summed E-state index contributed by atoms with van der Waals surface area (Å²) in [4.78, 5) is 0. The van der Waals surface area contributed by atoms with E-state index in [4.69, 9.17) is 9.26 Å². The second kappa shape index (κ2) is 10.9. The lowest BCUT2D eigenvalue weighted by atomic mass is 9.82. The highest BCUT2D eigenvalue weighted by Gasteiger charge is 2.43. The molecule has 2 bridgehead atoms. The van der Waals surface area contributed by atoms with Crippen molar-refractivity contribution in [1.82, 2.24) is 10.5 Å². The standard InChI is InChI=1S/C29H29BrF4N2O3/c30-23-6-3-4-19(25(23)31)14-35-26-17-10-11-18(26)13-20(12-17)37-15-22-27(36-39-28(22)16-8-9-16)21-5-1-2-7-24(21)38-29(32,33)34/h1-7,16-18,20,26,35H,8-15H2. The Labute approximate surface area is 232 Å². The third-order valence-electron chi connectivity index (χ3n) is 8.21. The highest BCUT2D eigenvalue weighted by Crippen LogP contribution is 2.47. The lowest BCUT2D eigenvalue weighted by Gasteiger charge is -2.36. The molecule has 3 aliphatic rings. The number of nitrogens with one attached hydrogen (secondary N) is 1. The lowest BCUT2D eigenvalue weighted by Crippen LogP contribution is -2.44. The molecule has 3 aromatic rings. The van der Waals surface area contributed by atoms with Crippen LogP contribution in [0.1, 0.15) is 61.3 Å². The van der Waals surface area contributed by atoms with Crippen LogP contribution in [0.2, 0.25) is 0 Å². The fraction of sp³-hybridized carbons (Fsp3) is 0.483. The minimum atomic E-state index is -4.81. The lowest BCUT2D eigenvalue weighted by molar-refractivity contribution is -0.274. The smallest absolute Gasteiger partial charge is 0.405 e. The summed E-state index contributed by atoms with van der Waals surface area (Å²) in [6.07, 6.45) is 1.08. The molecule has 0 spiro atoms. The van der Waals surface area contributed by atoms with E-state index >= 15 is 0 Å². The number of fused-ring (bicyclic) bond motifs is 2. The predicted molar refractivity (Wildman–Crippen MR) is 139 cm³/mol. The summed E-state index contributed by atoms with van der Waals surface area (Å²) in [5.74, 6) is 1.22. The van der Waals surface area contributed by atoms with Gasteiger partial charge in [-0.15, -0.1) is 13.2 Å². The summed E-state index contributed by atoms with van der Waals surface area (Å²) in [7, 11) is 0. The average molecular weight is 609 g/mol. The van der Waals surface area contributed by atoms with Crippen LogP contribution in [-0.4, -0.2) is 23.7 Å². The Morgan fingerprint density at radius 1 is 1.00 bits per heavy atom. The van der Waals surface area contributed by atoms with Gasteiger partial charge in [-0.3, -0.25) is 0 Å². The largest absolute Gasteiger partial charge is 0.573 e. The number of rotatable bonds is 9. The fourth-order valence-corrected chi connectivity index (χ4v) is 6.68. The summed E-state index contributed by atoms with van der Waals surface area (Å²) in [6, 6.07) is 11.6. The van der Waals surface area contributed by atoms with E-state index in [0.29, 0.717) is 51.5 Å². The van der Waals surface area contributed by atoms with E-state index in [1.807, 2.05) is 6.07 Å². The van der Waals surface area contributed by atoms with Crippen LogP contribution in [0.4, 0.5) is 17.6 Å². The molecule has 10 heteroatoms. The second-order valence-corrected chi connectivity index (χ2v) is 11.7.